The van der Waals surface area contributed by atoms with Crippen LogP contribution in [0.4, 0.5) is 0 Å². The van der Waals surface area contributed by atoms with Crippen molar-refractivity contribution in [2.24, 2.45) is 0 Å². The highest BCUT2D eigenvalue weighted by Crippen LogP contribution is 2.29. The monoisotopic (exact) mass is 290 g/mol. The fourth-order valence-electron chi connectivity index (χ4n) is 2.57. The Morgan fingerprint density at radius 3 is 2.05 bits per heavy atom. The Labute approximate surface area is 130 Å². The molecular formula is C19H18N2O. The van der Waals surface area contributed by atoms with E-state index in [1.54, 1.807) is 0 Å². The zero-order chi connectivity index (χ0) is 15.5. The third-order valence-corrected chi connectivity index (χ3v) is 3.52. The number of ether oxygens (including phenoxy) is 1. The van der Waals surface area contributed by atoms with Crippen molar-refractivity contribution in [3.8, 4) is 22.9 Å². The van der Waals surface area contributed by atoms with Gasteiger partial charge in [0.05, 0.1) is 5.69 Å². The van der Waals surface area contributed by atoms with Crippen LogP contribution in [0.5, 0.6) is 11.6 Å². The van der Waals surface area contributed by atoms with E-state index in [0.717, 1.165) is 28.1 Å². The van der Waals surface area contributed by atoms with Crippen LogP contribution in [0.1, 0.15) is 16.7 Å². The van der Waals surface area contributed by atoms with Gasteiger partial charge in [0.25, 0.3) is 0 Å². The lowest BCUT2D eigenvalue weighted by Gasteiger charge is -2.11. The van der Waals surface area contributed by atoms with E-state index in [2.05, 4.69) is 29.3 Å². The summed E-state index contributed by atoms with van der Waals surface area (Å²) in [6.45, 7) is 6.17. The highest BCUT2D eigenvalue weighted by Gasteiger charge is 2.08. The number of nitrogens with zero attached hydrogens (tertiary/aromatic N) is 2. The summed E-state index contributed by atoms with van der Waals surface area (Å²) >= 11 is 0. The van der Waals surface area contributed by atoms with E-state index >= 15 is 0 Å². The van der Waals surface area contributed by atoms with E-state index in [4.69, 9.17) is 4.74 Å². The molecule has 0 N–H and O–H groups in total. The Balaban J connectivity index is 1.86. The molecule has 3 heteroatoms. The summed E-state index contributed by atoms with van der Waals surface area (Å²) in [5.41, 5.74) is 5.32. The van der Waals surface area contributed by atoms with Crippen molar-refractivity contribution >= 4 is 0 Å². The van der Waals surface area contributed by atoms with Crippen LogP contribution in [0.15, 0.2) is 54.6 Å². The van der Waals surface area contributed by atoms with Gasteiger partial charge in [-0.05, 0) is 38.0 Å². The molecule has 0 spiro atoms. The third kappa shape index (κ3) is 2.98. The second-order valence-electron chi connectivity index (χ2n) is 5.45. The average molecular weight is 290 g/mol. The van der Waals surface area contributed by atoms with Gasteiger partial charge in [0.1, 0.15) is 5.75 Å². The minimum atomic E-state index is 0.509. The predicted octanol–water partition coefficient (Wildman–Crippen LogP) is 4.86. The molecule has 0 atom stereocenters. The van der Waals surface area contributed by atoms with Gasteiger partial charge in [0.2, 0.25) is 5.88 Å². The average Bonchev–Trinajstić information content (AvgIpc) is 2.52. The Morgan fingerprint density at radius 2 is 1.45 bits per heavy atom. The summed E-state index contributed by atoms with van der Waals surface area (Å²) in [7, 11) is 0. The van der Waals surface area contributed by atoms with Gasteiger partial charge >= 0.3 is 0 Å². The Hall–Kier alpha value is -2.68. The van der Waals surface area contributed by atoms with Gasteiger partial charge in [-0.2, -0.15) is 0 Å². The first kappa shape index (κ1) is 14.3. The normalized spacial score (nSPS) is 10.5. The highest BCUT2D eigenvalue weighted by atomic mass is 16.5. The van der Waals surface area contributed by atoms with Gasteiger partial charge in [-0.3, -0.25) is 0 Å². The van der Waals surface area contributed by atoms with Crippen LogP contribution < -0.4 is 4.74 Å². The fourth-order valence-corrected chi connectivity index (χ4v) is 2.57. The van der Waals surface area contributed by atoms with Crippen molar-refractivity contribution in [1.82, 2.24) is 10.2 Å². The first-order valence-electron chi connectivity index (χ1n) is 7.28. The van der Waals surface area contributed by atoms with Gasteiger partial charge in [-0.15, -0.1) is 10.2 Å². The van der Waals surface area contributed by atoms with E-state index in [1.165, 1.54) is 5.56 Å². The maximum atomic E-state index is 5.91. The quantitative estimate of drug-likeness (QED) is 0.691. The number of hydrogen-bond acceptors (Lipinski definition) is 3. The van der Waals surface area contributed by atoms with Gasteiger partial charge in [0.15, 0.2) is 0 Å². The number of rotatable bonds is 3. The van der Waals surface area contributed by atoms with Crippen molar-refractivity contribution in [2.75, 3.05) is 0 Å². The summed E-state index contributed by atoms with van der Waals surface area (Å²) in [6, 6.07) is 18.0. The molecule has 3 nitrogen and oxygen atoms in total. The maximum absolute atomic E-state index is 5.91. The van der Waals surface area contributed by atoms with Crippen molar-refractivity contribution in [2.45, 2.75) is 20.8 Å². The highest BCUT2D eigenvalue weighted by molar-refractivity contribution is 5.58. The molecule has 0 amide bonds. The molecule has 2 aromatic carbocycles. The molecule has 110 valence electrons. The number of aryl methyl sites for hydroxylation is 3. The first-order valence-corrected chi connectivity index (χ1v) is 7.28. The summed E-state index contributed by atoms with van der Waals surface area (Å²) in [5.74, 6) is 1.36. The molecule has 1 heterocycles. The second kappa shape index (κ2) is 5.98. The van der Waals surface area contributed by atoms with Crippen LogP contribution in [-0.2, 0) is 0 Å². The standard InChI is InChI=1S/C19H18N2O/c1-13-11-14(2)19(15(3)12-13)22-18-10-9-17(20-21-18)16-7-5-4-6-8-16/h4-12H,1-3H3. The maximum Gasteiger partial charge on any atom is 0.238 e. The zero-order valence-electron chi connectivity index (χ0n) is 13.0. The van der Waals surface area contributed by atoms with E-state index in [1.807, 2.05) is 56.3 Å². The minimum Gasteiger partial charge on any atom is -0.437 e. The van der Waals surface area contributed by atoms with Gasteiger partial charge in [-0.25, -0.2) is 0 Å². The smallest absolute Gasteiger partial charge is 0.238 e. The van der Waals surface area contributed by atoms with E-state index in [0.29, 0.717) is 5.88 Å². The van der Waals surface area contributed by atoms with Crippen LogP contribution in [0.3, 0.4) is 0 Å². The Kier molecular flexibility index (Phi) is 3.88. The lowest BCUT2D eigenvalue weighted by molar-refractivity contribution is 0.449. The topological polar surface area (TPSA) is 35.0 Å². The molecule has 1 aromatic heterocycles. The van der Waals surface area contributed by atoms with Crippen LogP contribution >= 0.6 is 0 Å². The molecule has 3 aromatic rings. The summed E-state index contributed by atoms with van der Waals surface area (Å²) in [5, 5.41) is 8.43. The summed E-state index contributed by atoms with van der Waals surface area (Å²) in [4.78, 5) is 0. The second-order valence-corrected chi connectivity index (χ2v) is 5.45. The zero-order valence-corrected chi connectivity index (χ0v) is 13.0. The largest absolute Gasteiger partial charge is 0.437 e. The van der Waals surface area contributed by atoms with E-state index < -0.39 is 0 Å². The fraction of sp³-hybridized carbons (Fsp3) is 0.158. The summed E-state index contributed by atoms with van der Waals surface area (Å²) in [6.07, 6.45) is 0. The Bertz CT molecular complexity index is 757. The van der Waals surface area contributed by atoms with Crippen molar-refractivity contribution in [3.05, 3.63) is 71.3 Å². The van der Waals surface area contributed by atoms with E-state index in [-0.39, 0.29) is 0 Å². The van der Waals surface area contributed by atoms with Crippen LogP contribution in [-0.4, -0.2) is 10.2 Å². The molecule has 0 saturated carbocycles. The minimum absolute atomic E-state index is 0.509. The van der Waals surface area contributed by atoms with Crippen molar-refractivity contribution in [1.29, 1.82) is 0 Å². The molecule has 0 aliphatic carbocycles. The van der Waals surface area contributed by atoms with Gasteiger partial charge < -0.3 is 4.74 Å². The molecule has 0 bridgehead atoms. The molecule has 0 aliphatic rings. The molecule has 0 saturated heterocycles. The first-order chi connectivity index (χ1) is 10.6. The lowest BCUT2D eigenvalue weighted by atomic mass is 10.1. The molecule has 22 heavy (non-hydrogen) atoms. The number of aromatic nitrogens is 2. The van der Waals surface area contributed by atoms with Crippen LogP contribution in [0.25, 0.3) is 11.3 Å². The van der Waals surface area contributed by atoms with E-state index in [9.17, 15) is 0 Å². The molecule has 3 rings (SSSR count). The van der Waals surface area contributed by atoms with Crippen LogP contribution in [0, 0.1) is 20.8 Å². The van der Waals surface area contributed by atoms with Crippen LogP contribution in [0.2, 0.25) is 0 Å². The van der Waals surface area contributed by atoms with Gasteiger partial charge in [-0.1, -0.05) is 48.0 Å². The summed E-state index contributed by atoms with van der Waals surface area (Å²) < 4.78 is 5.91. The molecule has 0 fully saturated rings. The molecule has 0 radical (unpaired) electrons. The van der Waals surface area contributed by atoms with Crippen molar-refractivity contribution < 1.29 is 4.74 Å². The number of hydrogen-bond donors (Lipinski definition) is 0. The lowest BCUT2D eigenvalue weighted by Crippen LogP contribution is -1.96. The SMILES string of the molecule is Cc1cc(C)c(Oc2ccc(-c3ccccc3)nn2)c(C)c1. The Morgan fingerprint density at radius 1 is 0.773 bits per heavy atom. The molecule has 0 unspecified atom stereocenters. The van der Waals surface area contributed by atoms with Gasteiger partial charge in [0, 0.05) is 11.6 Å². The molecular weight excluding hydrogens is 272 g/mol. The molecule has 0 aliphatic heterocycles. The van der Waals surface area contributed by atoms with Crippen molar-refractivity contribution in [3.63, 3.8) is 0 Å². The third-order valence-electron chi connectivity index (χ3n) is 3.52. The number of benzene rings is 2. The predicted molar refractivity (Wildman–Crippen MR) is 88.2 cm³/mol.